The minimum absolute atomic E-state index is 0.0578. The molecule has 0 spiro atoms. The Bertz CT molecular complexity index is 652. The van der Waals surface area contributed by atoms with Gasteiger partial charge in [0.2, 0.25) is 5.91 Å². The van der Waals surface area contributed by atoms with Crippen LogP contribution in [0, 0.1) is 0 Å². The third kappa shape index (κ3) is 4.91. The minimum atomic E-state index is 0.0578. The van der Waals surface area contributed by atoms with Gasteiger partial charge in [0.05, 0.1) is 19.6 Å². The standard InChI is InChI=1S/C20H24N2O2/c23-20(14-17-6-2-1-3-7-17)21-15-18-8-4-5-9-19(18)16-22-10-12-24-13-11-22/h1-9H,10-16H2,(H,21,23). The summed E-state index contributed by atoms with van der Waals surface area (Å²) < 4.78 is 5.40. The molecule has 4 heteroatoms. The van der Waals surface area contributed by atoms with Gasteiger partial charge in [0.15, 0.2) is 0 Å². The molecule has 0 aliphatic carbocycles. The first kappa shape index (κ1) is 16.7. The van der Waals surface area contributed by atoms with E-state index in [0.29, 0.717) is 13.0 Å². The van der Waals surface area contributed by atoms with Gasteiger partial charge in [-0.15, -0.1) is 0 Å². The third-order valence-electron chi connectivity index (χ3n) is 4.30. The van der Waals surface area contributed by atoms with Gasteiger partial charge in [0.25, 0.3) is 0 Å². The van der Waals surface area contributed by atoms with E-state index in [0.717, 1.165) is 38.4 Å². The number of hydrogen-bond acceptors (Lipinski definition) is 3. The van der Waals surface area contributed by atoms with Crippen molar-refractivity contribution in [1.82, 2.24) is 10.2 Å². The number of amides is 1. The lowest BCUT2D eigenvalue weighted by Crippen LogP contribution is -2.36. The lowest BCUT2D eigenvalue weighted by molar-refractivity contribution is -0.120. The van der Waals surface area contributed by atoms with Crippen molar-refractivity contribution in [2.75, 3.05) is 26.3 Å². The predicted molar refractivity (Wildman–Crippen MR) is 94.5 cm³/mol. The van der Waals surface area contributed by atoms with Crippen LogP contribution in [-0.2, 0) is 29.0 Å². The molecule has 24 heavy (non-hydrogen) atoms. The molecule has 1 aliphatic rings. The van der Waals surface area contributed by atoms with E-state index < -0.39 is 0 Å². The molecule has 3 rings (SSSR count). The molecule has 0 aromatic heterocycles. The molecule has 0 saturated carbocycles. The molecule has 1 amide bonds. The van der Waals surface area contributed by atoms with E-state index >= 15 is 0 Å². The molecule has 2 aromatic carbocycles. The van der Waals surface area contributed by atoms with Crippen molar-refractivity contribution < 1.29 is 9.53 Å². The minimum Gasteiger partial charge on any atom is -0.379 e. The van der Waals surface area contributed by atoms with Crippen LogP contribution < -0.4 is 5.32 Å². The van der Waals surface area contributed by atoms with Crippen LogP contribution in [0.3, 0.4) is 0 Å². The first-order valence-electron chi connectivity index (χ1n) is 8.49. The van der Waals surface area contributed by atoms with E-state index in [2.05, 4.69) is 28.4 Å². The van der Waals surface area contributed by atoms with Crippen molar-refractivity contribution in [2.45, 2.75) is 19.5 Å². The highest BCUT2D eigenvalue weighted by Gasteiger charge is 2.13. The van der Waals surface area contributed by atoms with Crippen LogP contribution in [0.25, 0.3) is 0 Å². The summed E-state index contributed by atoms with van der Waals surface area (Å²) in [5.74, 6) is 0.0578. The van der Waals surface area contributed by atoms with Gasteiger partial charge in [-0.2, -0.15) is 0 Å². The second-order valence-electron chi connectivity index (χ2n) is 6.10. The molecule has 0 unspecified atom stereocenters. The Labute approximate surface area is 143 Å². The number of rotatable bonds is 6. The van der Waals surface area contributed by atoms with E-state index in [1.54, 1.807) is 0 Å². The molecular weight excluding hydrogens is 300 g/mol. The first-order valence-corrected chi connectivity index (χ1v) is 8.49. The molecule has 1 heterocycles. The number of nitrogens with zero attached hydrogens (tertiary/aromatic N) is 1. The summed E-state index contributed by atoms with van der Waals surface area (Å²) in [6, 6.07) is 18.2. The largest absolute Gasteiger partial charge is 0.379 e. The van der Waals surface area contributed by atoms with Crippen molar-refractivity contribution >= 4 is 5.91 Å². The van der Waals surface area contributed by atoms with Crippen LogP contribution in [0.4, 0.5) is 0 Å². The lowest BCUT2D eigenvalue weighted by Gasteiger charge is -2.27. The first-order chi connectivity index (χ1) is 11.8. The lowest BCUT2D eigenvalue weighted by atomic mass is 10.1. The predicted octanol–water partition coefficient (Wildman–Crippen LogP) is 2.38. The Kier molecular flexibility index (Phi) is 5.99. The van der Waals surface area contributed by atoms with Gasteiger partial charge in [-0.1, -0.05) is 54.6 Å². The van der Waals surface area contributed by atoms with Crippen molar-refractivity contribution in [1.29, 1.82) is 0 Å². The average Bonchev–Trinajstić information content (AvgIpc) is 2.63. The molecule has 126 valence electrons. The van der Waals surface area contributed by atoms with E-state index in [9.17, 15) is 4.79 Å². The average molecular weight is 324 g/mol. The van der Waals surface area contributed by atoms with Crippen LogP contribution in [0.15, 0.2) is 54.6 Å². The van der Waals surface area contributed by atoms with Crippen LogP contribution >= 0.6 is 0 Å². The van der Waals surface area contributed by atoms with Gasteiger partial charge in [-0.3, -0.25) is 9.69 Å². The molecule has 1 saturated heterocycles. The van der Waals surface area contributed by atoms with Crippen LogP contribution in [-0.4, -0.2) is 37.1 Å². The van der Waals surface area contributed by atoms with E-state index in [1.807, 2.05) is 36.4 Å². The van der Waals surface area contributed by atoms with Gasteiger partial charge < -0.3 is 10.1 Å². The van der Waals surface area contributed by atoms with Gasteiger partial charge in [-0.05, 0) is 16.7 Å². The second-order valence-corrected chi connectivity index (χ2v) is 6.10. The molecule has 4 nitrogen and oxygen atoms in total. The zero-order valence-electron chi connectivity index (χ0n) is 13.9. The molecule has 1 N–H and O–H groups in total. The SMILES string of the molecule is O=C(Cc1ccccc1)NCc1ccccc1CN1CCOCC1. The van der Waals surface area contributed by atoms with Gasteiger partial charge in [0.1, 0.15) is 0 Å². The summed E-state index contributed by atoms with van der Waals surface area (Å²) >= 11 is 0. The summed E-state index contributed by atoms with van der Waals surface area (Å²) in [6.07, 6.45) is 0.423. The highest BCUT2D eigenvalue weighted by molar-refractivity contribution is 5.78. The maximum atomic E-state index is 12.1. The van der Waals surface area contributed by atoms with Crippen molar-refractivity contribution in [3.63, 3.8) is 0 Å². The summed E-state index contributed by atoms with van der Waals surface area (Å²) in [5.41, 5.74) is 3.50. The smallest absolute Gasteiger partial charge is 0.224 e. The molecule has 2 aromatic rings. The number of benzene rings is 2. The maximum Gasteiger partial charge on any atom is 0.224 e. The van der Waals surface area contributed by atoms with Crippen molar-refractivity contribution in [3.05, 3.63) is 71.3 Å². The van der Waals surface area contributed by atoms with Crippen LogP contribution in [0.2, 0.25) is 0 Å². The number of carbonyl (C=O) groups excluding carboxylic acids is 1. The van der Waals surface area contributed by atoms with Gasteiger partial charge in [0, 0.05) is 26.2 Å². The van der Waals surface area contributed by atoms with E-state index in [4.69, 9.17) is 4.74 Å². The van der Waals surface area contributed by atoms with E-state index in [-0.39, 0.29) is 5.91 Å². The van der Waals surface area contributed by atoms with E-state index in [1.165, 1.54) is 11.1 Å². The topological polar surface area (TPSA) is 41.6 Å². The summed E-state index contributed by atoms with van der Waals surface area (Å²) in [4.78, 5) is 14.5. The Hall–Kier alpha value is -2.17. The fraction of sp³-hybridized carbons (Fsp3) is 0.350. The fourth-order valence-corrected chi connectivity index (χ4v) is 2.92. The molecule has 0 atom stereocenters. The number of morpholine rings is 1. The van der Waals surface area contributed by atoms with Gasteiger partial charge >= 0.3 is 0 Å². The highest BCUT2D eigenvalue weighted by Crippen LogP contribution is 2.13. The molecule has 1 aliphatic heterocycles. The number of ether oxygens (including phenoxy) is 1. The molecule has 0 radical (unpaired) electrons. The Morgan fingerprint density at radius 1 is 0.958 bits per heavy atom. The van der Waals surface area contributed by atoms with Crippen molar-refractivity contribution in [3.8, 4) is 0 Å². The summed E-state index contributed by atoms with van der Waals surface area (Å²) in [5, 5.41) is 3.04. The second kappa shape index (κ2) is 8.62. The normalized spacial score (nSPS) is 15.2. The monoisotopic (exact) mass is 324 g/mol. The quantitative estimate of drug-likeness (QED) is 0.887. The number of nitrogens with one attached hydrogen (secondary N) is 1. The van der Waals surface area contributed by atoms with Crippen LogP contribution in [0.1, 0.15) is 16.7 Å². The number of hydrogen-bond donors (Lipinski definition) is 1. The fourth-order valence-electron chi connectivity index (χ4n) is 2.92. The van der Waals surface area contributed by atoms with Gasteiger partial charge in [-0.25, -0.2) is 0 Å². The van der Waals surface area contributed by atoms with Crippen LogP contribution in [0.5, 0.6) is 0 Å². The maximum absolute atomic E-state index is 12.1. The molecule has 0 bridgehead atoms. The third-order valence-corrected chi connectivity index (χ3v) is 4.30. The Morgan fingerprint density at radius 3 is 2.38 bits per heavy atom. The Balaban J connectivity index is 1.55. The zero-order valence-corrected chi connectivity index (χ0v) is 13.9. The highest BCUT2D eigenvalue weighted by atomic mass is 16.5. The molecular formula is C20H24N2O2. The van der Waals surface area contributed by atoms with Crippen molar-refractivity contribution in [2.24, 2.45) is 0 Å². The molecule has 1 fully saturated rings. The summed E-state index contributed by atoms with van der Waals surface area (Å²) in [7, 11) is 0. The summed E-state index contributed by atoms with van der Waals surface area (Å²) in [6.45, 7) is 5.02. The Morgan fingerprint density at radius 2 is 1.62 bits per heavy atom. The number of carbonyl (C=O) groups is 1. The zero-order chi connectivity index (χ0) is 16.6.